The third-order valence-corrected chi connectivity index (χ3v) is 4.66. The van der Waals surface area contributed by atoms with Crippen LogP contribution in [0.1, 0.15) is 24.8 Å². The molecule has 3 aromatic rings. The van der Waals surface area contributed by atoms with Crippen LogP contribution < -0.4 is 9.64 Å². The Morgan fingerprint density at radius 2 is 1.72 bits per heavy atom. The molecule has 128 valence electrons. The number of pyridine rings is 1. The van der Waals surface area contributed by atoms with Gasteiger partial charge in [-0.2, -0.15) is 0 Å². The predicted molar refractivity (Wildman–Crippen MR) is 98.5 cm³/mol. The van der Waals surface area contributed by atoms with Gasteiger partial charge in [-0.1, -0.05) is 24.3 Å². The van der Waals surface area contributed by atoms with Gasteiger partial charge >= 0.3 is 0 Å². The number of halogens is 1. The summed E-state index contributed by atoms with van der Waals surface area (Å²) in [5, 5.41) is 1.07. The molecule has 4 rings (SSSR count). The molecule has 1 aromatic heterocycles. The van der Waals surface area contributed by atoms with Crippen LogP contribution in [0.25, 0.3) is 10.9 Å². The van der Waals surface area contributed by atoms with Gasteiger partial charge in [0.05, 0.1) is 0 Å². The van der Waals surface area contributed by atoms with Crippen LogP contribution in [-0.4, -0.2) is 18.1 Å². The standard InChI is InChI=1S/C21H21FN2O/c22-18-10-7-16(8-11-18)15-25-19-6-4-5-17-9-12-20(23-21(17)19)24-13-2-1-3-14-24/h4-12H,1-3,13-15H2. The second-order valence-corrected chi connectivity index (χ2v) is 6.46. The van der Waals surface area contributed by atoms with Crippen molar-refractivity contribution < 1.29 is 9.13 Å². The number of aromatic nitrogens is 1. The molecule has 0 bridgehead atoms. The van der Waals surface area contributed by atoms with E-state index in [1.54, 1.807) is 12.1 Å². The highest BCUT2D eigenvalue weighted by Gasteiger charge is 2.13. The Morgan fingerprint density at radius 3 is 2.52 bits per heavy atom. The van der Waals surface area contributed by atoms with E-state index in [9.17, 15) is 4.39 Å². The number of benzene rings is 2. The van der Waals surface area contributed by atoms with Crippen molar-refractivity contribution in [2.24, 2.45) is 0 Å². The van der Waals surface area contributed by atoms with Crippen LogP contribution in [0.5, 0.6) is 5.75 Å². The van der Waals surface area contributed by atoms with Crippen molar-refractivity contribution in [3.05, 3.63) is 66.0 Å². The lowest BCUT2D eigenvalue weighted by molar-refractivity contribution is 0.309. The summed E-state index contributed by atoms with van der Waals surface area (Å²) in [6.07, 6.45) is 3.75. The molecule has 0 saturated carbocycles. The van der Waals surface area contributed by atoms with Crippen molar-refractivity contribution in [3.63, 3.8) is 0 Å². The summed E-state index contributed by atoms with van der Waals surface area (Å²) >= 11 is 0. The second-order valence-electron chi connectivity index (χ2n) is 6.46. The summed E-state index contributed by atoms with van der Waals surface area (Å²) in [6.45, 7) is 2.53. The lowest BCUT2D eigenvalue weighted by Crippen LogP contribution is -2.30. The molecule has 0 radical (unpaired) electrons. The van der Waals surface area contributed by atoms with E-state index >= 15 is 0 Å². The lowest BCUT2D eigenvalue weighted by Gasteiger charge is -2.28. The van der Waals surface area contributed by atoms with E-state index in [4.69, 9.17) is 9.72 Å². The van der Waals surface area contributed by atoms with Crippen LogP contribution >= 0.6 is 0 Å². The Morgan fingerprint density at radius 1 is 0.920 bits per heavy atom. The summed E-state index contributed by atoms with van der Waals surface area (Å²) in [4.78, 5) is 7.21. The monoisotopic (exact) mass is 336 g/mol. The Labute approximate surface area is 147 Å². The normalized spacial score (nSPS) is 14.7. The molecular formula is C21H21FN2O. The number of para-hydroxylation sites is 1. The first-order chi connectivity index (χ1) is 12.3. The maximum Gasteiger partial charge on any atom is 0.146 e. The Kier molecular flexibility index (Phi) is 4.51. The molecule has 1 saturated heterocycles. The summed E-state index contributed by atoms with van der Waals surface area (Å²) in [5.74, 6) is 1.55. The van der Waals surface area contributed by atoms with Gasteiger partial charge in [0.15, 0.2) is 0 Å². The maximum atomic E-state index is 13.0. The Balaban J connectivity index is 1.60. The van der Waals surface area contributed by atoms with Crippen LogP contribution in [-0.2, 0) is 6.61 Å². The second kappa shape index (κ2) is 7.09. The molecular weight excluding hydrogens is 315 g/mol. The van der Waals surface area contributed by atoms with Gasteiger partial charge in [0.25, 0.3) is 0 Å². The molecule has 2 aromatic carbocycles. The highest BCUT2D eigenvalue weighted by atomic mass is 19.1. The molecule has 0 unspecified atom stereocenters. The van der Waals surface area contributed by atoms with Gasteiger partial charge in [-0.25, -0.2) is 9.37 Å². The minimum absolute atomic E-state index is 0.234. The predicted octanol–water partition coefficient (Wildman–Crippen LogP) is 4.94. The molecule has 0 aliphatic carbocycles. The summed E-state index contributed by atoms with van der Waals surface area (Å²) in [5.41, 5.74) is 1.82. The van der Waals surface area contributed by atoms with E-state index in [-0.39, 0.29) is 5.82 Å². The average Bonchev–Trinajstić information content (AvgIpc) is 2.68. The van der Waals surface area contributed by atoms with E-state index in [0.29, 0.717) is 6.61 Å². The first-order valence-electron chi connectivity index (χ1n) is 8.81. The molecule has 0 amide bonds. The fourth-order valence-electron chi connectivity index (χ4n) is 3.27. The zero-order valence-electron chi connectivity index (χ0n) is 14.1. The highest BCUT2D eigenvalue weighted by Crippen LogP contribution is 2.28. The molecule has 4 heteroatoms. The van der Waals surface area contributed by atoms with Gasteiger partial charge in [-0.05, 0) is 55.2 Å². The molecule has 1 aliphatic heterocycles. The van der Waals surface area contributed by atoms with Crippen molar-refractivity contribution in [1.29, 1.82) is 0 Å². The number of piperidine rings is 1. The smallest absolute Gasteiger partial charge is 0.146 e. The number of hydrogen-bond acceptors (Lipinski definition) is 3. The molecule has 2 heterocycles. The molecule has 1 aliphatic rings. The zero-order valence-corrected chi connectivity index (χ0v) is 14.1. The SMILES string of the molecule is Fc1ccc(COc2cccc3ccc(N4CCCCC4)nc23)cc1. The van der Waals surface area contributed by atoms with Gasteiger partial charge in [-0.15, -0.1) is 0 Å². The number of rotatable bonds is 4. The summed E-state index contributed by atoms with van der Waals surface area (Å²) in [7, 11) is 0. The topological polar surface area (TPSA) is 25.4 Å². The molecule has 3 nitrogen and oxygen atoms in total. The maximum absolute atomic E-state index is 13.0. The molecule has 0 atom stereocenters. The van der Waals surface area contributed by atoms with E-state index < -0.39 is 0 Å². The third kappa shape index (κ3) is 3.58. The largest absolute Gasteiger partial charge is 0.487 e. The fraction of sp³-hybridized carbons (Fsp3) is 0.286. The van der Waals surface area contributed by atoms with Gasteiger partial charge in [0.2, 0.25) is 0 Å². The van der Waals surface area contributed by atoms with Crippen molar-refractivity contribution in [1.82, 2.24) is 4.98 Å². The molecule has 0 N–H and O–H groups in total. The number of hydrogen-bond donors (Lipinski definition) is 0. The van der Waals surface area contributed by atoms with Gasteiger partial charge < -0.3 is 9.64 Å². The lowest BCUT2D eigenvalue weighted by atomic mass is 10.1. The summed E-state index contributed by atoms with van der Waals surface area (Å²) in [6, 6.07) is 16.6. The van der Waals surface area contributed by atoms with Crippen LogP contribution in [0.2, 0.25) is 0 Å². The minimum atomic E-state index is -0.234. The van der Waals surface area contributed by atoms with Gasteiger partial charge in [-0.3, -0.25) is 0 Å². The first-order valence-corrected chi connectivity index (χ1v) is 8.81. The van der Waals surface area contributed by atoms with E-state index in [1.807, 2.05) is 18.2 Å². The minimum Gasteiger partial charge on any atom is -0.487 e. The summed E-state index contributed by atoms with van der Waals surface area (Å²) < 4.78 is 19.0. The highest BCUT2D eigenvalue weighted by molar-refractivity contribution is 5.86. The van der Waals surface area contributed by atoms with Gasteiger partial charge in [0.1, 0.15) is 29.5 Å². The third-order valence-electron chi connectivity index (χ3n) is 4.66. The van der Waals surface area contributed by atoms with Crippen molar-refractivity contribution in [3.8, 4) is 5.75 Å². The number of anilines is 1. The quantitative estimate of drug-likeness (QED) is 0.674. The van der Waals surface area contributed by atoms with Crippen molar-refractivity contribution in [2.45, 2.75) is 25.9 Å². The van der Waals surface area contributed by atoms with Crippen LogP contribution in [0.3, 0.4) is 0 Å². The van der Waals surface area contributed by atoms with E-state index in [1.165, 1.54) is 31.4 Å². The molecule has 0 spiro atoms. The van der Waals surface area contributed by atoms with Crippen LogP contribution in [0.4, 0.5) is 10.2 Å². The van der Waals surface area contributed by atoms with Crippen molar-refractivity contribution >= 4 is 16.7 Å². The van der Waals surface area contributed by atoms with Crippen molar-refractivity contribution in [2.75, 3.05) is 18.0 Å². The number of nitrogens with zero attached hydrogens (tertiary/aromatic N) is 2. The van der Waals surface area contributed by atoms with Gasteiger partial charge in [0, 0.05) is 18.5 Å². The Hall–Kier alpha value is -2.62. The molecule has 25 heavy (non-hydrogen) atoms. The van der Waals surface area contributed by atoms with Crippen LogP contribution in [0, 0.1) is 5.82 Å². The fourth-order valence-corrected chi connectivity index (χ4v) is 3.27. The first kappa shape index (κ1) is 15.9. The van der Waals surface area contributed by atoms with E-state index in [0.717, 1.165) is 41.1 Å². The molecule has 1 fully saturated rings. The number of fused-ring (bicyclic) bond motifs is 1. The average molecular weight is 336 g/mol. The Bertz CT molecular complexity index is 857. The number of ether oxygens (including phenoxy) is 1. The van der Waals surface area contributed by atoms with Crippen LogP contribution in [0.15, 0.2) is 54.6 Å². The zero-order chi connectivity index (χ0) is 17.1. The van der Waals surface area contributed by atoms with E-state index in [2.05, 4.69) is 17.0 Å².